The second-order valence-corrected chi connectivity index (χ2v) is 6.96. The van der Waals surface area contributed by atoms with E-state index < -0.39 is 0 Å². The lowest BCUT2D eigenvalue weighted by Crippen LogP contribution is -2.27. The van der Waals surface area contributed by atoms with Gasteiger partial charge in [0.25, 0.3) is 0 Å². The van der Waals surface area contributed by atoms with E-state index >= 15 is 0 Å². The molecule has 6 heteroatoms. The van der Waals surface area contributed by atoms with E-state index in [1.807, 2.05) is 63.2 Å². The van der Waals surface area contributed by atoms with Gasteiger partial charge in [0.15, 0.2) is 5.78 Å². The first-order chi connectivity index (χ1) is 13.4. The molecule has 1 atom stereocenters. The third-order valence-electron chi connectivity index (χ3n) is 4.73. The smallest absolute Gasteiger partial charge is 0.220 e. The summed E-state index contributed by atoms with van der Waals surface area (Å²) >= 11 is 0. The standard InChI is InChI=1S/C22H24N4O2/c1-15-4-5-16(2)20(12-15)21(27)10-11-22(28)25-17(3)18-6-8-19(9-7-18)26-14-23-13-24-26/h4-9,12-14,17H,10-11H2,1-3H3,(H,25,28). The number of aryl methyl sites for hydroxylation is 2. The molecule has 1 amide bonds. The molecule has 0 fully saturated rings. The van der Waals surface area contributed by atoms with Crippen LogP contribution < -0.4 is 5.32 Å². The van der Waals surface area contributed by atoms with Crippen LogP contribution in [0.1, 0.15) is 52.9 Å². The van der Waals surface area contributed by atoms with Gasteiger partial charge in [-0.3, -0.25) is 9.59 Å². The third-order valence-corrected chi connectivity index (χ3v) is 4.73. The molecule has 0 spiro atoms. The van der Waals surface area contributed by atoms with Crippen LogP contribution in [0.15, 0.2) is 55.1 Å². The lowest BCUT2D eigenvalue weighted by atomic mass is 9.99. The molecule has 0 aliphatic carbocycles. The van der Waals surface area contributed by atoms with Crippen molar-refractivity contribution in [3.8, 4) is 5.69 Å². The molecular formula is C22H24N4O2. The van der Waals surface area contributed by atoms with E-state index in [2.05, 4.69) is 15.4 Å². The number of hydrogen-bond donors (Lipinski definition) is 1. The van der Waals surface area contributed by atoms with E-state index in [1.165, 1.54) is 6.33 Å². The first-order valence-corrected chi connectivity index (χ1v) is 9.29. The highest BCUT2D eigenvalue weighted by molar-refractivity contribution is 5.99. The van der Waals surface area contributed by atoms with Gasteiger partial charge in [-0.2, -0.15) is 5.10 Å². The highest BCUT2D eigenvalue weighted by atomic mass is 16.2. The van der Waals surface area contributed by atoms with Crippen molar-refractivity contribution >= 4 is 11.7 Å². The second kappa shape index (κ2) is 8.61. The fourth-order valence-electron chi connectivity index (χ4n) is 3.05. The van der Waals surface area contributed by atoms with Crippen LogP contribution in [-0.4, -0.2) is 26.5 Å². The normalized spacial score (nSPS) is 11.8. The maximum atomic E-state index is 12.4. The van der Waals surface area contributed by atoms with E-state index in [-0.39, 0.29) is 30.6 Å². The van der Waals surface area contributed by atoms with E-state index in [4.69, 9.17) is 0 Å². The Hall–Kier alpha value is -3.28. The van der Waals surface area contributed by atoms with Crippen LogP contribution >= 0.6 is 0 Å². The van der Waals surface area contributed by atoms with E-state index in [1.54, 1.807) is 11.0 Å². The van der Waals surface area contributed by atoms with Crippen LogP contribution in [0, 0.1) is 13.8 Å². The number of Topliss-reactive ketones (excluding diaryl/α,β-unsaturated/α-hetero) is 1. The van der Waals surface area contributed by atoms with Crippen LogP contribution in [0.2, 0.25) is 0 Å². The van der Waals surface area contributed by atoms with Crippen LogP contribution in [0.3, 0.4) is 0 Å². The Balaban J connectivity index is 1.54. The maximum absolute atomic E-state index is 12.4. The molecule has 6 nitrogen and oxygen atoms in total. The Bertz CT molecular complexity index is 963. The van der Waals surface area contributed by atoms with Gasteiger partial charge < -0.3 is 5.32 Å². The predicted octanol–water partition coefficient (Wildman–Crippen LogP) is 3.72. The lowest BCUT2D eigenvalue weighted by Gasteiger charge is -2.15. The van der Waals surface area contributed by atoms with Crippen molar-refractivity contribution in [1.29, 1.82) is 0 Å². The van der Waals surface area contributed by atoms with E-state index in [0.29, 0.717) is 5.56 Å². The van der Waals surface area contributed by atoms with Gasteiger partial charge in [0, 0.05) is 18.4 Å². The second-order valence-electron chi connectivity index (χ2n) is 6.96. The third kappa shape index (κ3) is 4.71. The van der Waals surface area contributed by atoms with Gasteiger partial charge in [-0.1, -0.05) is 29.8 Å². The molecule has 3 aromatic rings. The predicted molar refractivity (Wildman–Crippen MR) is 107 cm³/mol. The van der Waals surface area contributed by atoms with Crippen LogP contribution in [0.25, 0.3) is 5.69 Å². The number of aromatic nitrogens is 3. The number of nitrogens with zero attached hydrogens (tertiary/aromatic N) is 3. The Kier molecular flexibility index (Phi) is 5.99. The summed E-state index contributed by atoms with van der Waals surface area (Å²) < 4.78 is 1.67. The van der Waals surface area contributed by atoms with Crippen molar-refractivity contribution in [3.63, 3.8) is 0 Å². The highest BCUT2D eigenvalue weighted by Gasteiger charge is 2.14. The summed E-state index contributed by atoms with van der Waals surface area (Å²) in [5, 5.41) is 7.05. The van der Waals surface area contributed by atoms with Crippen LogP contribution in [0.5, 0.6) is 0 Å². The molecule has 0 saturated heterocycles. The SMILES string of the molecule is Cc1ccc(C)c(C(=O)CCC(=O)NC(C)c2ccc(-n3cncn3)cc2)c1. The topological polar surface area (TPSA) is 76.9 Å². The molecule has 1 heterocycles. The number of rotatable bonds is 7. The molecule has 144 valence electrons. The summed E-state index contributed by atoms with van der Waals surface area (Å²) in [7, 11) is 0. The molecular weight excluding hydrogens is 352 g/mol. The number of amides is 1. The van der Waals surface area contributed by atoms with Gasteiger partial charge in [0.05, 0.1) is 11.7 Å². The van der Waals surface area contributed by atoms with Crippen molar-refractivity contribution < 1.29 is 9.59 Å². The average Bonchev–Trinajstić information content (AvgIpc) is 3.23. The average molecular weight is 376 g/mol. The number of carbonyl (C=O) groups is 2. The van der Waals surface area contributed by atoms with Gasteiger partial charge >= 0.3 is 0 Å². The quantitative estimate of drug-likeness (QED) is 0.638. The molecule has 1 aromatic heterocycles. The molecule has 1 N–H and O–H groups in total. The number of ketones is 1. The van der Waals surface area contributed by atoms with Gasteiger partial charge in [0.1, 0.15) is 12.7 Å². The zero-order valence-electron chi connectivity index (χ0n) is 16.3. The van der Waals surface area contributed by atoms with Crippen molar-refractivity contribution in [3.05, 3.63) is 77.4 Å². The number of nitrogens with one attached hydrogen (secondary N) is 1. The fraction of sp³-hybridized carbons (Fsp3) is 0.273. The largest absolute Gasteiger partial charge is 0.350 e. The lowest BCUT2D eigenvalue weighted by molar-refractivity contribution is -0.121. The molecule has 0 radical (unpaired) electrons. The molecule has 0 saturated carbocycles. The van der Waals surface area contributed by atoms with Gasteiger partial charge in [-0.25, -0.2) is 9.67 Å². The van der Waals surface area contributed by atoms with Crippen LogP contribution in [-0.2, 0) is 4.79 Å². The molecule has 3 rings (SSSR count). The number of benzene rings is 2. The summed E-state index contributed by atoms with van der Waals surface area (Å²) in [6, 6.07) is 13.4. The summed E-state index contributed by atoms with van der Waals surface area (Å²) in [5.41, 5.74) is 4.57. The van der Waals surface area contributed by atoms with Gasteiger partial charge in [-0.15, -0.1) is 0 Å². The summed E-state index contributed by atoms with van der Waals surface area (Å²) in [6.07, 6.45) is 3.49. The van der Waals surface area contributed by atoms with Gasteiger partial charge in [0.2, 0.25) is 5.91 Å². The molecule has 0 aliphatic rings. The summed E-state index contributed by atoms with van der Waals surface area (Å²) in [4.78, 5) is 28.6. The fourth-order valence-corrected chi connectivity index (χ4v) is 3.05. The highest BCUT2D eigenvalue weighted by Crippen LogP contribution is 2.17. The van der Waals surface area contributed by atoms with Crippen molar-refractivity contribution in [2.45, 2.75) is 39.7 Å². The zero-order chi connectivity index (χ0) is 20.1. The van der Waals surface area contributed by atoms with Crippen molar-refractivity contribution in [2.24, 2.45) is 0 Å². The van der Waals surface area contributed by atoms with Crippen molar-refractivity contribution in [2.75, 3.05) is 0 Å². The maximum Gasteiger partial charge on any atom is 0.220 e. The molecule has 0 aliphatic heterocycles. The van der Waals surface area contributed by atoms with Crippen molar-refractivity contribution in [1.82, 2.24) is 20.1 Å². The minimum Gasteiger partial charge on any atom is -0.350 e. The van der Waals surface area contributed by atoms with Crippen LogP contribution in [0.4, 0.5) is 0 Å². The molecule has 28 heavy (non-hydrogen) atoms. The number of hydrogen-bond acceptors (Lipinski definition) is 4. The van der Waals surface area contributed by atoms with E-state index in [9.17, 15) is 9.59 Å². The Morgan fingerprint density at radius 3 is 2.50 bits per heavy atom. The number of carbonyl (C=O) groups excluding carboxylic acids is 2. The molecule has 2 aromatic carbocycles. The Labute approximate surface area is 164 Å². The first-order valence-electron chi connectivity index (χ1n) is 9.29. The first kappa shape index (κ1) is 19.5. The molecule has 1 unspecified atom stereocenters. The summed E-state index contributed by atoms with van der Waals surface area (Å²) in [6.45, 7) is 5.80. The Morgan fingerprint density at radius 2 is 1.82 bits per heavy atom. The molecule has 0 bridgehead atoms. The summed E-state index contributed by atoms with van der Waals surface area (Å²) in [5.74, 6) is -0.132. The minimum absolute atomic E-state index is 0.00110. The zero-order valence-corrected chi connectivity index (χ0v) is 16.3. The van der Waals surface area contributed by atoms with E-state index in [0.717, 1.165) is 22.4 Å². The monoisotopic (exact) mass is 376 g/mol. The van der Waals surface area contributed by atoms with Gasteiger partial charge in [-0.05, 0) is 50.1 Å². The Morgan fingerprint density at radius 1 is 1.07 bits per heavy atom. The minimum atomic E-state index is -0.145.